The highest BCUT2D eigenvalue weighted by atomic mass is 32.2. The minimum Gasteiger partial charge on any atom is -0.481 e. The summed E-state index contributed by atoms with van der Waals surface area (Å²) in [6, 6.07) is 0.117. The molecule has 0 aliphatic heterocycles. The van der Waals surface area contributed by atoms with Crippen LogP contribution in [0.5, 0.6) is 0 Å². The van der Waals surface area contributed by atoms with Crippen molar-refractivity contribution in [1.29, 1.82) is 0 Å². The third-order valence-corrected chi connectivity index (χ3v) is 4.56. The van der Waals surface area contributed by atoms with Crippen LogP contribution in [-0.2, 0) is 15.0 Å². The van der Waals surface area contributed by atoms with Crippen LogP contribution in [-0.4, -0.2) is 47.2 Å². The first-order valence-electron chi connectivity index (χ1n) is 6.57. The monoisotopic (exact) mass is 318 g/mol. The van der Waals surface area contributed by atoms with Crippen LogP contribution in [0.15, 0.2) is 0 Å². The summed E-state index contributed by atoms with van der Waals surface area (Å²) in [5.74, 6) is -1.04. The summed E-state index contributed by atoms with van der Waals surface area (Å²) < 4.78 is 29.6. The van der Waals surface area contributed by atoms with Crippen LogP contribution in [0.1, 0.15) is 37.7 Å². The van der Waals surface area contributed by atoms with Gasteiger partial charge in [-0.25, -0.2) is 0 Å². The molecule has 9 heteroatoms. The van der Waals surface area contributed by atoms with Crippen LogP contribution < -0.4 is 4.72 Å². The van der Waals surface area contributed by atoms with Crippen molar-refractivity contribution in [3.8, 4) is 0 Å². The summed E-state index contributed by atoms with van der Waals surface area (Å²) in [7, 11) is -2.46. The molecule has 0 saturated carbocycles. The summed E-state index contributed by atoms with van der Waals surface area (Å²) in [6.45, 7) is 7.32. The zero-order valence-corrected chi connectivity index (χ0v) is 13.7. The van der Waals surface area contributed by atoms with Crippen LogP contribution in [0, 0.1) is 13.8 Å². The minimum absolute atomic E-state index is 0.0962. The first-order valence-corrected chi connectivity index (χ1v) is 8.01. The predicted molar refractivity (Wildman–Crippen MR) is 79.5 cm³/mol. The average Bonchev–Trinajstić information content (AvgIpc) is 2.63. The summed E-state index contributed by atoms with van der Waals surface area (Å²) in [4.78, 5) is 10.5. The molecule has 0 saturated heterocycles. The van der Waals surface area contributed by atoms with Crippen molar-refractivity contribution < 1.29 is 18.3 Å². The first kappa shape index (κ1) is 17.4. The lowest BCUT2D eigenvalue weighted by Gasteiger charge is -2.17. The quantitative estimate of drug-likeness (QED) is 0.784. The summed E-state index contributed by atoms with van der Waals surface area (Å²) in [5, 5.41) is 12.9. The Morgan fingerprint density at radius 1 is 1.43 bits per heavy atom. The van der Waals surface area contributed by atoms with Crippen LogP contribution >= 0.6 is 0 Å². The Balaban J connectivity index is 2.97. The van der Waals surface area contributed by atoms with Gasteiger partial charge in [0.15, 0.2) is 0 Å². The molecule has 21 heavy (non-hydrogen) atoms. The number of carbonyl (C=O) groups is 1. The Labute approximate surface area is 124 Å². The van der Waals surface area contributed by atoms with Crippen molar-refractivity contribution >= 4 is 21.9 Å². The fourth-order valence-corrected chi connectivity index (χ4v) is 2.93. The summed E-state index contributed by atoms with van der Waals surface area (Å²) >= 11 is 0. The zero-order chi connectivity index (χ0) is 16.4. The van der Waals surface area contributed by atoms with Crippen molar-refractivity contribution in [2.24, 2.45) is 0 Å². The Hall–Kier alpha value is -1.61. The van der Waals surface area contributed by atoms with E-state index in [1.54, 1.807) is 18.5 Å². The lowest BCUT2D eigenvalue weighted by Crippen LogP contribution is -2.34. The van der Waals surface area contributed by atoms with Gasteiger partial charge in [0.05, 0.1) is 23.5 Å². The maximum Gasteiger partial charge on any atom is 0.304 e. The molecular weight excluding hydrogens is 296 g/mol. The van der Waals surface area contributed by atoms with Crippen LogP contribution in [0.3, 0.4) is 0 Å². The van der Waals surface area contributed by atoms with E-state index in [4.69, 9.17) is 5.11 Å². The largest absolute Gasteiger partial charge is 0.481 e. The van der Waals surface area contributed by atoms with Crippen molar-refractivity contribution in [2.45, 2.75) is 40.2 Å². The smallest absolute Gasteiger partial charge is 0.304 e. The Morgan fingerprint density at radius 3 is 2.43 bits per heavy atom. The molecule has 1 aromatic rings. The number of anilines is 1. The molecule has 120 valence electrons. The number of nitrogens with one attached hydrogen (secondary N) is 1. The topological polar surface area (TPSA) is 105 Å². The summed E-state index contributed by atoms with van der Waals surface area (Å²) in [6.07, 6.45) is -0.249. The van der Waals surface area contributed by atoms with E-state index in [2.05, 4.69) is 9.82 Å². The van der Waals surface area contributed by atoms with Crippen LogP contribution in [0.25, 0.3) is 0 Å². The van der Waals surface area contributed by atoms with E-state index in [0.717, 1.165) is 10.00 Å². The fourth-order valence-electron chi connectivity index (χ4n) is 1.89. The standard InChI is InChI=1S/C12H22N4O4S/c1-8(2)16-10(4)12(9(3)13-16)14-21(19,20)15(5)7-6-11(17)18/h8,14H,6-7H2,1-5H3,(H,17,18). The van der Waals surface area contributed by atoms with E-state index in [0.29, 0.717) is 11.4 Å². The van der Waals surface area contributed by atoms with E-state index < -0.39 is 16.2 Å². The van der Waals surface area contributed by atoms with Crippen molar-refractivity contribution in [3.63, 3.8) is 0 Å². The average molecular weight is 318 g/mol. The van der Waals surface area contributed by atoms with E-state index >= 15 is 0 Å². The van der Waals surface area contributed by atoms with E-state index in [9.17, 15) is 13.2 Å². The van der Waals surface area contributed by atoms with E-state index in [1.807, 2.05) is 13.8 Å². The molecule has 0 unspecified atom stereocenters. The van der Waals surface area contributed by atoms with Gasteiger partial charge in [-0.05, 0) is 27.7 Å². The molecule has 0 amide bonds. The molecule has 1 rings (SSSR count). The van der Waals surface area contributed by atoms with Gasteiger partial charge in [-0.2, -0.15) is 17.8 Å². The highest BCUT2D eigenvalue weighted by Crippen LogP contribution is 2.23. The fraction of sp³-hybridized carbons (Fsp3) is 0.667. The Bertz CT molecular complexity index is 621. The number of aromatic nitrogens is 2. The lowest BCUT2D eigenvalue weighted by atomic mass is 10.3. The second-order valence-corrected chi connectivity index (χ2v) is 6.93. The third-order valence-electron chi connectivity index (χ3n) is 3.10. The molecule has 0 radical (unpaired) electrons. The molecule has 0 atom stereocenters. The minimum atomic E-state index is -3.80. The molecular formula is C12H22N4O4S. The SMILES string of the molecule is Cc1nn(C(C)C)c(C)c1NS(=O)(=O)N(C)CCC(=O)O. The first-order chi connectivity index (χ1) is 9.56. The van der Waals surface area contributed by atoms with Gasteiger partial charge >= 0.3 is 16.2 Å². The van der Waals surface area contributed by atoms with Gasteiger partial charge in [-0.15, -0.1) is 0 Å². The number of carboxylic acid groups (broad SMARTS) is 1. The number of hydrogen-bond acceptors (Lipinski definition) is 4. The number of carboxylic acids is 1. The van der Waals surface area contributed by atoms with Crippen LogP contribution in [0.4, 0.5) is 5.69 Å². The van der Waals surface area contributed by atoms with E-state index in [1.165, 1.54) is 7.05 Å². The molecule has 0 bridgehead atoms. The van der Waals surface area contributed by atoms with Crippen molar-refractivity contribution in [2.75, 3.05) is 18.3 Å². The molecule has 0 spiro atoms. The van der Waals surface area contributed by atoms with Gasteiger partial charge in [-0.3, -0.25) is 14.2 Å². The number of aliphatic carboxylic acids is 1. The Kier molecular flexibility index (Phi) is 5.35. The molecule has 2 N–H and O–H groups in total. The van der Waals surface area contributed by atoms with Gasteiger partial charge in [0.2, 0.25) is 0 Å². The second kappa shape index (κ2) is 6.44. The number of rotatable bonds is 7. The molecule has 0 fully saturated rings. The maximum absolute atomic E-state index is 12.2. The zero-order valence-electron chi connectivity index (χ0n) is 12.9. The highest BCUT2D eigenvalue weighted by molar-refractivity contribution is 7.90. The Morgan fingerprint density at radius 2 is 2.00 bits per heavy atom. The normalized spacial score (nSPS) is 12.1. The highest BCUT2D eigenvalue weighted by Gasteiger charge is 2.23. The van der Waals surface area contributed by atoms with E-state index in [-0.39, 0.29) is 19.0 Å². The number of nitrogens with zero attached hydrogens (tertiary/aromatic N) is 3. The van der Waals surface area contributed by atoms with Gasteiger partial charge in [0.25, 0.3) is 0 Å². The second-order valence-electron chi connectivity index (χ2n) is 5.16. The van der Waals surface area contributed by atoms with Gasteiger partial charge in [0.1, 0.15) is 0 Å². The van der Waals surface area contributed by atoms with Gasteiger partial charge in [0, 0.05) is 19.6 Å². The maximum atomic E-state index is 12.2. The molecule has 1 aromatic heterocycles. The molecule has 8 nitrogen and oxygen atoms in total. The number of hydrogen-bond donors (Lipinski definition) is 2. The molecule has 0 aliphatic carbocycles. The molecule has 1 heterocycles. The predicted octanol–water partition coefficient (Wildman–Crippen LogP) is 1.14. The van der Waals surface area contributed by atoms with Gasteiger partial charge < -0.3 is 5.11 Å². The van der Waals surface area contributed by atoms with Crippen molar-refractivity contribution in [3.05, 3.63) is 11.4 Å². The van der Waals surface area contributed by atoms with Gasteiger partial charge in [-0.1, -0.05) is 0 Å². The third kappa shape index (κ3) is 4.18. The molecule has 0 aromatic carbocycles. The number of aryl methyl sites for hydroxylation is 1. The van der Waals surface area contributed by atoms with Crippen LogP contribution in [0.2, 0.25) is 0 Å². The lowest BCUT2D eigenvalue weighted by molar-refractivity contribution is -0.137. The molecule has 0 aliphatic rings. The summed E-state index contributed by atoms with van der Waals surface area (Å²) in [5.41, 5.74) is 1.74. The van der Waals surface area contributed by atoms with Crippen molar-refractivity contribution in [1.82, 2.24) is 14.1 Å².